The molecular weight excluding hydrogens is 224 g/mol. The number of nitriles is 1. The van der Waals surface area contributed by atoms with Crippen molar-refractivity contribution in [3.8, 4) is 11.8 Å². The number of fused-ring (bicyclic) bond motifs is 1. The average molecular weight is 242 g/mol. The molecule has 1 N–H and O–H groups in total. The lowest BCUT2D eigenvalue weighted by molar-refractivity contribution is 0.208. The fourth-order valence-electron chi connectivity index (χ4n) is 3.11. The van der Waals surface area contributed by atoms with Crippen LogP contribution >= 0.6 is 0 Å². The summed E-state index contributed by atoms with van der Waals surface area (Å²) in [5, 5.41) is 13.3. The van der Waals surface area contributed by atoms with Gasteiger partial charge in [0.25, 0.3) is 0 Å². The predicted molar refractivity (Wildman–Crippen MR) is 69.2 cm³/mol. The lowest BCUT2D eigenvalue weighted by Gasteiger charge is -2.36. The van der Waals surface area contributed by atoms with Crippen LogP contribution < -0.4 is 10.1 Å². The second-order valence-electron chi connectivity index (χ2n) is 5.24. The van der Waals surface area contributed by atoms with Crippen molar-refractivity contribution in [1.82, 2.24) is 5.32 Å². The Balaban J connectivity index is 1.94. The molecule has 2 aliphatic rings. The molecule has 94 valence electrons. The van der Waals surface area contributed by atoms with Gasteiger partial charge < -0.3 is 4.74 Å². The first-order valence-electron chi connectivity index (χ1n) is 6.75. The normalized spacial score (nSPS) is 27.3. The summed E-state index contributed by atoms with van der Waals surface area (Å²) < 4.78 is 5.65. The second kappa shape index (κ2) is 4.62. The first kappa shape index (κ1) is 11.6. The van der Waals surface area contributed by atoms with Gasteiger partial charge in [-0.25, -0.2) is 0 Å². The highest BCUT2D eigenvalue weighted by Crippen LogP contribution is 2.37. The number of rotatable bonds is 2. The zero-order chi connectivity index (χ0) is 12.4. The molecule has 0 bridgehead atoms. The molecule has 18 heavy (non-hydrogen) atoms. The summed E-state index contributed by atoms with van der Waals surface area (Å²) in [5.74, 6) is 0.857. The molecule has 3 nitrogen and oxygen atoms in total. The number of nitrogens with zero attached hydrogens (tertiary/aromatic N) is 1. The van der Waals surface area contributed by atoms with Crippen molar-refractivity contribution in [3.63, 3.8) is 0 Å². The maximum atomic E-state index is 9.68. The van der Waals surface area contributed by atoms with Gasteiger partial charge in [0.2, 0.25) is 0 Å². The maximum Gasteiger partial charge on any atom is 0.139 e. The molecular formula is C15H18N2O. The summed E-state index contributed by atoms with van der Waals surface area (Å²) in [4.78, 5) is 0. The Morgan fingerprint density at radius 1 is 1.28 bits per heavy atom. The van der Waals surface area contributed by atoms with Gasteiger partial charge in [-0.1, -0.05) is 31.0 Å². The Kier molecular flexibility index (Phi) is 2.97. The Labute approximate surface area is 108 Å². The van der Waals surface area contributed by atoms with E-state index in [-0.39, 0.29) is 0 Å². The van der Waals surface area contributed by atoms with Crippen LogP contribution in [0.4, 0.5) is 0 Å². The van der Waals surface area contributed by atoms with Crippen LogP contribution in [0.15, 0.2) is 24.3 Å². The number of hydrogen-bond acceptors (Lipinski definition) is 3. The van der Waals surface area contributed by atoms with Crippen LogP contribution in [0.1, 0.15) is 37.7 Å². The van der Waals surface area contributed by atoms with E-state index in [0.29, 0.717) is 12.6 Å². The number of hydrogen-bond donors (Lipinski definition) is 1. The van der Waals surface area contributed by atoms with Crippen LogP contribution in [0.5, 0.6) is 5.75 Å². The number of benzene rings is 1. The summed E-state index contributed by atoms with van der Waals surface area (Å²) in [5.41, 5.74) is 0.453. The van der Waals surface area contributed by atoms with E-state index in [4.69, 9.17) is 4.74 Å². The lowest BCUT2D eigenvalue weighted by atomic mass is 9.85. The number of para-hydroxylation sites is 1. The first-order chi connectivity index (χ1) is 8.84. The van der Waals surface area contributed by atoms with Gasteiger partial charge in [0.1, 0.15) is 11.3 Å². The van der Waals surface area contributed by atoms with E-state index >= 15 is 0 Å². The maximum absolute atomic E-state index is 9.68. The summed E-state index contributed by atoms with van der Waals surface area (Å²) in [7, 11) is 0. The fraction of sp³-hybridized carbons (Fsp3) is 0.533. The summed E-state index contributed by atoms with van der Waals surface area (Å²) in [6, 6.07) is 10.9. The molecule has 0 amide bonds. The Hall–Kier alpha value is -1.53. The zero-order valence-corrected chi connectivity index (χ0v) is 10.5. The molecule has 1 saturated carbocycles. The largest absolute Gasteiger partial charge is 0.493 e. The first-order valence-corrected chi connectivity index (χ1v) is 6.75. The van der Waals surface area contributed by atoms with Crippen molar-refractivity contribution < 1.29 is 4.74 Å². The van der Waals surface area contributed by atoms with E-state index < -0.39 is 5.54 Å². The van der Waals surface area contributed by atoms with Crippen molar-refractivity contribution in [2.24, 2.45) is 0 Å². The van der Waals surface area contributed by atoms with E-state index in [0.717, 1.165) is 17.7 Å². The molecule has 1 aromatic rings. The van der Waals surface area contributed by atoms with Crippen LogP contribution in [-0.4, -0.2) is 12.6 Å². The molecule has 1 heterocycles. The van der Waals surface area contributed by atoms with E-state index in [9.17, 15) is 5.26 Å². The van der Waals surface area contributed by atoms with Gasteiger partial charge in [0.05, 0.1) is 12.7 Å². The molecule has 1 unspecified atom stereocenters. The SMILES string of the molecule is N#CC1(NC2CCCC2)CCOc2ccccc21. The minimum absolute atomic E-state index is 0.482. The smallest absolute Gasteiger partial charge is 0.139 e. The van der Waals surface area contributed by atoms with Crippen LogP contribution in [0, 0.1) is 11.3 Å². The lowest BCUT2D eigenvalue weighted by Crippen LogP contribution is -2.49. The Morgan fingerprint density at radius 2 is 2.06 bits per heavy atom. The van der Waals surface area contributed by atoms with Gasteiger partial charge in [-0.3, -0.25) is 5.32 Å². The van der Waals surface area contributed by atoms with E-state index in [2.05, 4.69) is 11.4 Å². The zero-order valence-electron chi connectivity index (χ0n) is 10.5. The van der Waals surface area contributed by atoms with Gasteiger partial charge in [0.15, 0.2) is 0 Å². The van der Waals surface area contributed by atoms with Crippen molar-refractivity contribution in [2.75, 3.05) is 6.61 Å². The topological polar surface area (TPSA) is 45.0 Å². The highest BCUT2D eigenvalue weighted by atomic mass is 16.5. The summed E-state index contributed by atoms with van der Waals surface area (Å²) >= 11 is 0. The van der Waals surface area contributed by atoms with E-state index in [1.165, 1.54) is 25.7 Å². The molecule has 0 radical (unpaired) electrons. The molecule has 0 saturated heterocycles. The van der Waals surface area contributed by atoms with Crippen molar-refractivity contribution >= 4 is 0 Å². The average Bonchev–Trinajstić information content (AvgIpc) is 2.92. The second-order valence-corrected chi connectivity index (χ2v) is 5.24. The van der Waals surface area contributed by atoms with Crippen LogP contribution in [0.25, 0.3) is 0 Å². The minimum Gasteiger partial charge on any atom is -0.493 e. The molecule has 1 aromatic carbocycles. The van der Waals surface area contributed by atoms with Crippen LogP contribution in [0.3, 0.4) is 0 Å². The Bertz CT molecular complexity index is 474. The quantitative estimate of drug-likeness (QED) is 0.867. The summed E-state index contributed by atoms with van der Waals surface area (Å²) in [6.45, 7) is 0.615. The van der Waals surface area contributed by atoms with Crippen LogP contribution in [0.2, 0.25) is 0 Å². The number of ether oxygens (including phenoxy) is 1. The van der Waals surface area contributed by atoms with Gasteiger partial charge >= 0.3 is 0 Å². The van der Waals surface area contributed by atoms with Crippen molar-refractivity contribution in [3.05, 3.63) is 29.8 Å². The third kappa shape index (κ3) is 1.87. The summed E-state index contributed by atoms with van der Waals surface area (Å²) in [6.07, 6.45) is 5.66. The third-order valence-corrected chi connectivity index (χ3v) is 4.08. The predicted octanol–water partition coefficient (Wildman–Crippen LogP) is 2.72. The van der Waals surface area contributed by atoms with Gasteiger partial charge in [-0.2, -0.15) is 5.26 Å². The molecule has 1 atom stereocenters. The van der Waals surface area contributed by atoms with E-state index in [1.807, 2.05) is 24.3 Å². The molecule has 0 spiro atoms. The molecule has 3 heteroatoms. The Morgan fingerprint density at radius 3 is 2.83 bits per heavy atom. The van der Waals surface area contributed by atoms with Gasteiger partial charge in [-0.05, 0) is 18.9 Å². The van der Waals surface area contributed by atoms with Gasteiger partial charge in [-0.15, -0.1) is 0 Å². The molecule has 1 aliphatic carbocycles. The van der Waals surface area contributed by atoms with Crippen LogP contribution in [-0.2, 0) is 5.54 Å². The molecule has 0 aromatic heterocycles. The fourth-order valence-corrected chi connectivity index (χ4v) is 3.11. The highest BCUT2D eigenvalue weighted by molar-refractivity contribution is 5.44. The number of nitrogens with one attached hydrogen (secondary N) is 1. The van der Waals surface area contributed by atoms with Crippen molar-refractivity contribution in [1.29, 1.82) is 5.26 Å². The van der Waals surface area contributed by atoms with Gasteiger partial charge in [0, 0.05) is 18.0 Å². The highest BCUT2D eigenvalue weighted by Gasteiger charge is 2.39. The third-order valence-electron chi connectivity index (χ3n) is 4.08. The molecule has 1 aliphatic heterocycles. The van der Waals surface area contributed by atoms with Crippen molar-refractivity contribution in [2.45, 2.75) is 43.7 Å². The monoisotopic (exact) mass is 242 g/mol. The standard InChI is InChI=1S/C15H18N2O/c16-11-15(17-12-5-1-2-6-12)9-10-18-14-8-4-3-7-13(14)15/h3-4,7-8,12,17H,1-2,5-6,9-10H2. The minimum atomic E-state index is -0.552. The molecule has 3 rings (SSSR count). The molecule has 1 fully saturated rings. The van der Waals surface area contributed by atoms with E-state index in [1.54, 1.807) is 0 Å².